The van der Waals surface area contributed by atoms with E-state index in [9.17, 15) is 9.59 Å². The Bertz CT molecular complexity index is 1210. The minimum absolute atomic E-state index is 0.0704. The first-order valence-electron chi connectivity index (χ1n) is 14.5. The molecule has 1 saturated heterocycles. The van der Waals surface area contributed by atoms with E-state index < -0.39 is 6.09 Å². The van der Waals surface area contributed by atoms with Crippen molar-refractivity contribution in [3.05, 3.63) is 90.0 Å². The van der Waals surface area contributed by atoms with Crippen LogP contribution in [0.25, 0.3) is 11.1 Å². The summed E-state index contributed by atoms with van der Waals surface area (Å²) in [5, 5.41) is 9.30. The lowest BCUT2D eigenvalue weighted by atomic mass is 10.0. The summed E-state index contributed by atoms with van der Waals surface area (Å²) >= 11 is 0. The Hall–Kier alpha value is -3.72. The molecule has 1 aliphatic rings. The highest BCUT2D eigenvalue weighted by Crippen LogP contribution is 2.28. The molecule has 0 aromatic heterocycles. The highest BCUT2D eigenvalue weighted by molar-refractivity contribution is 5.91. The number of ether oxygens (including phenoxy) is 2. The van der Waals surface area contributed by atoms with Gasteiger partial charge in [-0.3, -0.25) is 10.1 Å². The van der Waals surface area contributed by atoms with Gasteiger partial charge in [0.1, 0.15) is 6.10 Å². The SMILES string of the molecule is COCCNCc1ccc(CCC(=O)NCCN2CCC(OC(=O)Nc3ccccc3-c3ccccc3)CC2)cc1. The van der Waals surface area contributed by atoms with E-state index in [2.05, 4.69) is 45.1 Å². The van der Waals surface area contributed by atoms with Crippen LogP contribution in [0.2, 0.25) is 0 Å². The van der Waals surface area contributed by atoms with E-state index >= 15 is 0 Å². The van der Waals surface area contributed by atoms with Crippen LogP contribution < -0.4 is 16.0 Å². The van der Waals surface area contributed by atoms with Crippen molar-refractivity contribution >= 4 is 17.7 Å². The molecule has 1 heterocycles. The number of carbonyl (C=O) groups is 2. The van der Waals surface area contributed by atoms with Crippen molar-refractivity contribution in [1.29, 1.82) is 0 Å². The fraction of sp³-hybridized carbons (Fsp3) is 0.394. The monoisotopic (exact) mass is 558 g/mol. The van der Waals surface area contributed by atoms with Crippen molar-refractivity contribution < 1.29 is 19.1 Å². The number of nitrogens with zero attached hydrogens (tertiary/aromatic N) is 1. The molecule has 41 heavy (non-hydrogen) atoms. The number of rotatable bonds is 14. The number of amides is 2. The van der Waals surface area contributed by atoms with Gasteiger partial charge in [0.05, 0.1) is 12.3 Å². The molecule has 0 radical (unpaired) electrons. The van der Waals surface area contributed by atoms with Gasteiger partial charge < -0.3 is 25.0 Å². The van der Waals surface area contributed by atoms with Crippen LogP contribution in [0.5, 0.6) is 0 Å². The van der Waals surface area contributed by atoms with Gasteiger partial charge in [0.25, 0.3) is 0 Å². The summed E-state index contributed by atoms with van der Waals surface area (Å²) in [5.74, 6) is 0.0704. The minimum atomic E-state index is -0.424. The van der Waals surface area contributed by atoms with E-state index in [4.69, 9.17) is 9.47 Å². The zero-order chi connectivity index (χ0) is 28.7. The Morgan fingerprint density at radius 3 is 2.34 bits per heavy atom. The zero-order valence-corrected chi connectivity index (χ0v) is 23.9. The van der Waals surface area contributed by atoms with Crippen molar-refractivity contribution in [1.82, 2.24) is 15.5 Å². The van der Waals surface area contributed by atoms with E-state index in [1.165, 1.54) is 5.56 Å². The topological polar surface area (TPSA) is 91.9 Å². The third-order valence-corrected chi connectivity index (χ3v) is 7.28. The first kappa shape index (κ1) is 30.2. The number of anilines is 1. The maximum absolute atomic E-state index is 12.6. The lowest BCUT2D eigenvalue weighted by Gasteiger charge is -2.31. The molecule has 0 bridgehead atoms. The van der Waals surface area contributed by atoms with Crippen LogP contribution in [0.15, 0.2) is 78.9 Å². The Morgan fingerprint density at radius 2 is 1.59 bits per heavy atom. The molecule has 0 unspecified atom stereocenters. The second kappa shape index (κ2) is 16.5. The summed E-state index contributed by atoms with van der Waals surface area (Å²) in [4.78, 5) is 27.3. The highest BCUT2D eigenvalue weighted by atomic mass is 16.6. The molecule has 1 aliphatic heterocycles. The third kappa shape index (κ3) is 10.3. The predicted octanol–water partition coefficient (Wildman–Crippen LogP) is 4.85. The molecule has 8 nitrogen and oxygen atoms in total. The van der Waals surface area contributed by atoms with Gasteiger partial charge in [-0.1, -0.05) is 72.8 Å². The summed E-state index contributed by atoms with van der Waals surface area (Å²) < 4.78 is 10.8. The molecule has 218 valence electrons. The molecule has 3 aromatic carbocycles. The van der Waals surface area contributed by atoms with Crippen LogP contribution in [0.3, 0.4) is 0 Å². The van der Waals surface area contributed by atoms with Gasteiger partial charge in [-0.25, -0.2) is 4.79 Å². The first-order valence-corrected chi connectivity index (χ1v) is 14.5. The van der Waals surface area contributed by atoms with Crippen molar-refractivity contribution in [2.45, 2.75) is 38.3 Å². The number of aryl methyl sites for hydroxylation is 1. The molecule has 2 amide bonds. The van der Waals surface area contributed by atoms with E-state index in [1.807, 2.05) is 54.6 Å². The average Bonchev–Trinajstić information content (AvgIpc) is 3.00. The Labute approximate surface area is 243 Å². The van der Waals surface area contributed by atoms with Gasteiger partial charge in [0, 0.05) is 58.4 Å². The first-order chi connectivity index (χ1) is 20.1. The number of para-hydroxylation sites is 1. The highest BCUT2D eigenvalue weighted by Gasteiger charge is 2.22. The van der Waals surface area contributed by atoms with E-state index in [1.54, 1.807) is 7.11 Å². The Kier molecular flexibility index (Phi) is 12.2. The number of likely N-dealkylation sites (tertiary alicyclic amines) is 1. The number of benzene rings is 3. The maximum atomic E-state index is 12.6. The van der Waals surface area contributed by atoms with E-state index in [0.29, 0.717) is 19.6 Å². The standard InChI is InChI=1S/C33H42N4O4/c1-40-24-20-34-25-27-13-11-26(12-14-27)15-16-32(38)35-19-23-37-21-17-29(18-22-37)41-33(39)36-31-10-6-5-9-30(31)28-7-3-2-4-8-28/h2-14,29,34H,15-25H2,1H3,(H,35,38)(H,36,39). The van der Waals surface area contributed by atoms with Crippen LogP contribution in [0.1, 0.15) is 30.4 Å². The molecule has 1 fully saturated rings. The number of methoxy groups -OCH3 is 1. The van der Waals surface area contributed by atoms with Gasteiger partial charge >= 0.3 is 6.09 Å². The number of piperidine rings is 1. The number of nitrogens with one attached hydrogen (secondary N) is 3. The van der Waals surface area contributed by atoms with Crippen LogP contribution in [-0.2, 0) is 27.2 Å². The van der Waals surface area contributed by atoms with E-state index in [-0.39, 0.29) is 12.0 Å². The van der Waals surface area contributed by atoms with Crippen LogP contribution in [-0.4, -0.2) is 69.4 Å². The van der Waals surface area contributed by atoms with Crippen molar-refractivity contribution in [3.8, 4) is 11.1 Å². The Balaban J connectivity index is 1.09. The Morgan fingerprint density at radius 1 is 0.878 bits per heavy atom. The maximum Gasteiger partial charge on any atom is 0.411 e. The summed E-state index contributed by atoms with van der Waals surface area (Å²) in [7, 11) is 1.70. The van der Waals surface area contributed by atoms with Gasteiger partial charge in [0.2, 0.25) is 5.91 Å². The second-order valence-electron chi connectivity index (χ2n) is 10.3. The quantitative estimate of drug-likeness (QED) is 0.245. The van der Waals surface area contributed by atoms with Gasteiger partial charge in [0.15, 0.2) is 0 Å². The second-order valence-corrected chi connectivity index (χ2v) is 10.3. The smallest absolute Gasteiger partial charge is 0.411 e. The predicted molar refractivity (Wildman–Crippen MR) is 163 cm³/mol. The number of hydrogen-bond acceptors (Lipinski definition) is 6. The fourth-order valence-corrected chi connectivity index (χ4v) is 4.93. The molecule has 0 spiro atoms. The molecule has 0 saturated carbocycles. The van der Waals surface area contributed by atoms with Gasteiger partial charge in [-0.05, 0) is 42.0 Å². The fourth-order valence-electron chi connectivity index (χ4n) is 4.93. The zero-order valence-electron chi connectivity index (χ0n) is 23.9. The van der Waals surface area contributed by atoms with Crippen molar-refractivity contribution in [2.75, 3.05) is 51.8 Å². The summed E-state index contributed by atoms with van der Waals surface area (Å²) in [6.07, 6.45) is 2.22. The lowest BCUT2D eigenvalue weighted by molar-refractivity contribution is -0.121. The van der Waals surface area contributed by atoms with Crippen LogP contribution >= 0.6 is 0 Å². The van der Waals surface area contributed by atoms with Crippen molar-refractivity contribution in [3.63, 3.8) is 0 Å². The minimum Gasteiger partial charge on any atom is -0.446 e. The molecule has 3 aromatic rings. The van der Waals surface area contributed by atoms with Crippen molar-refractivity contribution in [2.24, 2.45) is 0 Å². The molecule has 4 rings (SSSR count). The molecule has 0 aliphatic carbocycles. The summed E-state index contributed by atoms with van der Waals surface area (Å²) in [5.41, 5.74) is 5.12. The summed E-state index contributed by atoms with van der Waals surface area (Å²) in [6.45, 7) is 5.41. The normalized spacial score (nSPS) is 14.0. The number of hydrogen-bond donors (Lipinski definition) is 3. The third-order valence-electron chi connectivity index (χ3n) is 7.28. The van der Waals surface area contributed by atoms with Crippen LogP contribution in [0.4, 0.5) is 10.5 Å². The average molecular weight is 559 g/mol. The molecule has 8 heteroatoms. The summed E-state index contributed by atoms with van der Waals surface area (Å²) in [6, 6.07) is 26.1. The molecule has 3 N–H and O–H groups in total. The molecular formula is C33H42N4O4. The largest absolute Gasteiger partial charge is 0.446 e. The van der Waals surface area contributed by atoms with E-state index in [0.717, 1.165) is 74.4 Å². The van der Waals surface area contributed by atoms with Gasteiger partial charge in [-0.2, -0.15) is 0 Å². The van der Waals surface area contributed by atoms with Crippen LogP contribution in [0, 0.1) is 0 Å². The lowest BCUT2D eigenvalue weighted by Crippen LogP contribution is -2.42. The van der Waals surface area contributed by atoms with Gasteiger partial charge in [-0.15, -0.1) is 0 Å². The molecule has 0 atom stereocenters. The number of carbonyl (C=O) groups excluding carboxylic acids is 2. The molecular weight excluding hydrogens is 516 g/mol.